The molecule has 2 rings (SSSR count). The molecule has 3 nitrogen and oxygen atoms in total. The maximum Gasteiger partial charge on any atom is 0.293 e. The van der Waals surface area contributed by atoms with Crippen LogP contribution in [-0.2, 0) is 0 Å². The molecule has 1 N–H and O–H groups in total. The first kappa shape index (κ1) is 12.9. The monoisotopic (exact) mass is 281 g/mol. The topological polar surface area (TPSA) is 32.1 Å². The quantitative estimate of drug-likeness (QED) is 0.651. The molecule has 0 heterocycles. The van der Waals surface area contributed by atoms with Crippen molar-refractivity contribution < 1.29 is 4.87 Å². The minimum Gasteiger partial charge on any atom is -0.114 e. The molecule has 0 saturated carbocycles. The molecule has 0 aromatic heterocycles. The van der Waals surface area contributed by atoms with Gasteiger partial charge in [0.25, 0.3) is 5.69 Å². The number of benzene rings is 2. The van der Waals surface area contributed by atoms with Crippen LogP contribution in [0.25, 0.3) is 0 Å². The van der Waals surface area contributed by atoms with Crippen LogP contribution in [-0.4, -0.2) is 4.87 Å². The summed E-state index contributed by atoms with van der Waals surface area (Å²) in [6, 6.07) is 12.0. The number of hydrogen-bond donors (Lipinski definition) is 1. The third-order valence-corrected chi connectivity index (χ3v) is 2.93. The normalized spacial score (nSPS) is 10.2. The summed E-state index contributed by atoms with van der Waals surface area (Å²) in [4.78, 5) is 12.6. The fourth-order valence-electron chi connectivity index (χ4n) is 1.49. The van der Waals surface area contributed by atoms with Gasteiger partial charge in [-0.2, -0.15) is 0 Å². The fraction of sp³-hybridized carbons (Fsp3) is 0.0769. The number of nitroso groups, excluding NO2 is 1. The summed E-state index contributed by atoms with van der Waals surface area (Å²) in [6.07, 6.45) is 0. The van der Waals surface area contributed by atoms with Gasteiger partial charge < -0.3 is 0 Å². The van der Waals surface area contributed by atoms with E-state index < -0.39 is 0 Å². The van der Waals surface area contributed by atoms with Gasteiger partial charge in [-0.1, -0.05) is 35.3 Å². The number of hydrazine groups is 1. The minimum atomic E-state index is 0.432. The molecule has 0 saturated heterocycles. The Hall–Kier alpha value is -1.58. The Morgan fingerprint density at radius 2 is 1.78 bits per heavy atom. The third kappa shape index (κ3) is 3.00. The summed E-state index contributed by atoms with van der Waals surface area (Å²) in [6.45, 7) is 1.89. The molecule has 92 valence electrons. The van der Waals surface area contributed by atoms with Crippen LogP contribution in [0, 0.1) is 11.8 Å². The second-order valence-electron chi connectivity index (χ2n) is 3.85. The predicted octanol–water partition coefficient (Wildman–Crippen LogP) is 4.74. The zero-order valence-corrected chi connectivity index (χ0v) is 11.2. The molecule has 5 heteroatoms. The minimum absolute atomic E-state index is 0.432. The van der Waals surface area contributed by atoms with E-state index in [1.807, 2.05) is 13.0 Å². The van der Waals surface area contributed by atoms with Crippen molar-refractivity contribution in [2.45, 2.75) is 6.92 Å². The summed E-state index contributed by atoms with van der Waals surface area (Å²) in [5, 5.41) is 1.08. The van der Waals surface area contributed by atoms with E-state index in [0.29, 0.717) is 26.3 Å². The van der Waals surface area contributed by atoms with Gasteiger partial charge in [0.15, 0.2) is 4.87 Å². The van der Waals surface area contributed by atoms with Crippen molar-refractivity contribution in [1.82, 2.24) is 0 Å². The zero-order chi connectivity index (χ0) is 13.1. The molecule has 0 atom stereocenters. The molecule has 0 unspecified atom stereocenters. The third-order valence-electron chi connectivity index (χ3n) is 2.46. The summed E-state index contributed by atoms with van der Waals surface area (Å²) < 4.78 is 0. The van der Waals surface area contributed by atoms with Crippen molar-refractivity contribution >= 4 is 34.6 Å². The van der Waals surface area contributed by atoms with Crippen molar-refractivity contribution in [3.05, 3.63) is 63.0 Å². The summed E-state index contributed by atoms with van der Waals surface area (Å²) in [5.41, 5.74) is 4.76. The molecule has 0 fully saturated rings. The molecule has 2 aromatic carbocycles. The summed E-state index contributed by atoms with van der Waals surface area (Å²) in [7, 11) is 0. The molecule has 18 heavy (non-hydrogen) atoms. The van der Waals surface area contributed by atoms with Gasteiger partial charge in [0.2, 0.25) is 0 Å². The Bertz CT molecular complexity index is 599. The summed E-state index contributed by atoms with van der Waals surface area (Å²) >= 11 is 11.7. The highest BCUT2D eigenvalue weighted by Crippen LogP contribution is 2.23. The summed E-state index contributed by atoms with van der Waals surface area (Å²) in [5.74, 6) is 0. The lowest BCUT2D eigenvalue weighted by atomic mass is 10.2. The van der Waals surface area contributed by atoms with Crippen molar-refractivity contribution in [1.29, 1.82) is 0 Å². The largest absolute Gasteiger partial charge is 0.293 e. The first-order valence-electron chi connectivity index (χ1n) is 5.32. The van der Waals surface area contributed by atoms with E-state index in [2.05, 4.69) is 5.43 Å². The van der Waals surface area contributed by atoms with Gasteiger partial charge in [0.1, 0.15) is 5.69 Å². The van der Waals surface area contributed by atoms with Crippen LogP contribution < -0.4 is 5.43 Å². The van der Waals surface area contributed by atoms with Crippen LogP contribution in [0.4, 0.5) is 11.4 Å². The molecule has 0 aliphatic rings. The number of hydrogen-bond acceptors (Lipinski definition) is 1. The Labute approximate surface area is 115 Å². The highest BCUT2D eigenvalue weighted by atomic mass is 35.5. The second-order valence-corrected chi connectivity index (χ2v) is 4.72. The first-order valence-corrected chi connectivity index (χ1v) is 6.07. The Balaban J connectivity index is 2.24. The number of aryl methyl sites for hydroxylation is 1. The van der Waals surface area contributed by atoms with Gasteiger partial charge in [-0.05, 0) is 30.7 Å². The average molecular weight is 282 g/mol. The van der Waals surface area contributed by atoms with E-state index in [-0.39, 0.29) is 0 Å². The van der Waals surface area contributed by atoms with Crippen molar-refractivity contribution in [3.8, 4) is 0 Å². The van der Waals surface area contributed by atoms with Crippen LogP contribution in [0.1, 0.15) is 5.56 Å². The highest BCUT2D eigenvalue weighted by Gasteiger charge is 2.15. The lowest BCUT2D eigenvalue weighted by Gasteiger charge is -2.02. The Morgan fingerprint density at radius 3 is 2.50 bits per heavy atom. The van der Waals surface area contributed by atoms with E-state index in [0.717, 1.165) is 5.56 Å². The first-order chi connectivity index (χ1) is 8.56. The Kier molecular flexibility index (Phi) is 3.84. The lowest BCUT2D eigenvalue weighted by Crippen LogP contribution is -2.11. The van der Waals surface area contributed by atoms with Crippen molar-refractivity contribution in [2.75, 3.05) is 5.43 Å². The van der Waals surface area contributed by atoms with E-state index in [1.54, 1.807) is 36.4 Å². The second kappa shape index (κ2) is 5.38. The molecule has 0 bridgehead atoms. The zero-order valence-electron chi connectivity index (χ0n) is 9.65. The van der Waals surface area contributed by atoms with Crippen molar-refractivity contribution in [2.24, 2.45) is 0 Å². The molecule has 2 aromatic rings. The molecule has 0 aliphatic heterocycles. The van der Waals surface area contributed by atoms with E-state index >= 15 is 0 Å². The van der Waals surface area contributed by atoms with Gasteiger partial charge in [-0.3, -0.25) is 0 Å². The van der Waals surface area contributed by atoms with Crippen molar-refractivity contribution in [3.63, 3.8) is 0 Å². The van der Waals surface area contributed by atoms with Crippen LogP contribution in [0.15, 0.2) is 42.5 Å². The van der Waals surface area contributed by atoms with Crippen LogP contribution in [0.5, 0.6) is 0 Å². The standard InChI is InChI=1S/C13H11Cl2N2O/c1-9-5-6-11(15)8-13(9)16-17(18)12-4-2-3-10(14)7-12/h2-8H,1H3,(H,16,18)/q+1. The van der Waals surface area contributed by atoms with E-state index in [4.69, 9.17) is 23.2 Å². The van der Waals surface area contributed by atoms with E-state index in [9.17, 15) is 4.91 Å². The van der Waals surface area contributed by atoms with Crippen LogP contribution in [0.2, 0.25) is 10.0 Å². The molecular weight excluding hydrogens is 271 g/mol. The maximum absolute atomic E-state index is 11.9. The van der Waals surface area contributed by atoms with Gasteiger partial charge in [-0.25, -0.2) is 0 Å². The number of nitrogens with one attached hydrogen (secondary N) is 1. The van der Waals surface area contributed by atoms with Gasteiger partial charge in [-0.15, -0.1) is 5.43 Å². The molecule has 0 spiro atoms. The number of nitrogens with zero attached hydrogens (tertiary/aromatic N) is 1. The Morgan fingerprint density at radius 1 is 1.06 bits per heavy atom. The predicted molar refractivity (Wildman–Crippen MR) is 74.6 cm³/mol. The van der Waals surface area contributed by atoms with Gasteiger partial charge in [0, 0.05) is 22.2 Å². The van der Waals surface area contributed by atoms with Crippen LogP contribution in [0.3, 0.4) is 0 Å². The fourth-order valence-corrected chi connectivity index (χ4v) is 1.85. The number of rotatable bonds is 3. The SMILES string of the molecule is Cc1ccc(Cl)cc1N[N+](=O)c1cccc(Cl)c1. The molecule has 0 amide bonds. The van der Waals surface area contributed by atoms with E-state index in [1.165, 1.54) is 0 Å². The highest BCUT2D eigenvalue weighted by molar-refractivity contribution is 6.31. The molecule has 0 radical (unpaired) electrons. The molecular formula is C13H11Cl2N2O+. The van der Waals surface area contributed by atoms with Gasteiger partial charge in [0.05, 0.1) is 4.91 Å². The smallest absolute Gasteiger partial charge is 0.114 e. The average Bonchev–Trinajstić information content (AvgIpc) is 2.34. The lowest BCUT2D eigenvalue weighted by molar-refractivity contribution is -0.427. The molecule has 0 aliphatic carbocycles. The number of halogens is 2. The maximum atomic E-state index is 11.9. The van der Waals surface area contributed by atoms with Crippen LogP contribution >= 0.6 is 23.2 Å². The van der Waals surface area contributed by atoms with Gasteiger partial charge >= 0.3 is 0 Å². The number of anilines is 1.